The third-order valence-electron chi connectivity index (χ3n) is 0.854. The summed E-state index contributed by atoms with van der Waals surface area (Å²) in [6.07, 6.45) is 0. The van der Waals surface area contributed by atoms with E-state index < -0.39 is 5.79 Å². The van der Waals surface area contributed by atoms with Crippen LogP contribution in [0.2, 0.25) is 0 Å². The molecule has 0 aromatic rings. The fourth-order valence-electron chi connectivity index (χ4n) is 0.281. The molecule has 1 unspecified atom stereocenters. The minimum Gasteiger partial charge on any atom is -0.363 e. The Labute approximate surface area is 52.3 Å². The maximum absolute atomic E-state index is 8.79. The van der Waals surface area contributed by atoms with Gasteiger partial charge in [0.1, 0.15) is 0 Å². The summed E-state index contributed by atoms with van der Waals surface area (Å²) in [5, 5.41) is 24.5. The maximum atomic E-state index is 8.79. The first kappa shape index (κ1) is 8.80. The van der Waals surface area contributed by atoms with Gasteiger partial charge in [0.05, 0.1) is 6.61 Å². The van der Waals surface area contributed by atoms with Gasteiger partial charge in [-0.2, -0.15) is 0 Å². The van der Waals surface area contributed by atoms with Gasteiger partial charge < -0.3 is 5.11 Å². The van der Waals surface area contributed by atoms with Crippen molar-refractivity contribution in [3.8, 4) is 0 Å². The summed E-state index contributed by atoms with van der Waals surface area (Å²) < 4.78 is 0. The predicted molar refractivity (Wildman–Crippen MR) is 27.5 cm³/mol. The standard InChI is InChI=1S/C4H10O5/c1-4(5,9-7)2-3-8-6/h5-7H,2-3H2,1H3. The second kappa shape index (κ2) is 3.76. The Balaban J connectivity index is 3.33. The Morgan fingerprint density at radius 3 is 2.33 bits per heavy atom. The molecule has 0 aliphatic heterocycles. The molecule has 3 N–H and O–H groups in total. The number of aliphatic hydroxyl groups is 1. The van der Waals surface area contributed by atoms with Gasteiger partial charge in [-0.25, -0.2) is 15.0 Å². The Kier molecular flexibility index (Phi) is 3.67. The lowest BCUT2D eigenvalue weighted by Crippen LogP contribution is -2.28. The molecule has 0 heterocycles. The molecule has 0 amide bonds. The molecule has 0 bridgehead atoms. The molecule has 0 saturated heterocycles. The van der Waals surface area contributed by atoms with E-state index in [-0.39, 0.29) is 13.0 Å². The molecular weight excluding hydrogens is 128 g/mol. The van der Waals surface area contributed by atoms with Crippen molar-refractivity contribution < 1.29 is 25.4 Å². The average Bonchev–Trinajstić information content (AvgIpc) is 1.84. The number of rotatable bonds is 4. The largest absolute Gasteiger partial charge is 0.363 e. The third-order valence-corrected chi connectivity index (χ3v) is 0.854. The Morgan fingerprint density at radius 2 is 2.00 bits per heavy atom. The van der Waals surface area contributed by atoms with Gasteiger partial charge in [-0.15, -0.1) is 0 Å². The molecule has 9 heavy (non-hydrogen) atoms. The van der Waals surface area contributed by atoms with Gasteiger partial charge in [0.25, 0.3) is 0 Å². The molecule has 0 aliphatic carbocycles. The van der Waals surface area contributed by atoms with E-state index in [0.29, 0.717) is 0 Å². The zero-order valence-electron chi connectivity index (χ0n) is 5.07. The van der Waals surface area contributed by atoms with Gasteiger partial charge >= 0.3 is 0 Å². The van der Waals surface area contributed by atoms with Crippen molar-refractivity contribution in [2.24, 2.45) is 0 Å². The van der Waals surface area contributed by atoms with E-state index in [2.05, 4.69) is 9.78 Å². The van der Waals surface area contributed by atoms with Crippen LogP contribution in [0.1, 0.15) is 13.3 Å². The Bertz CT molecular complexity index is 71.4. The highest BCUT2D eigenvalue weighted by molar-refractivity contribution is 4.54. The lowest BCUT2D eigenvalue weighted by molar-refractivity contribution is -0.393. The smallest absolute Gasteiger partial charge is 0.198 e. The van der Waals surface area contributed by atoms with Crippen LogP contribution in [0.3, 0.4) is 0 Å². The van der Waals surface area contributed by atoms with E-state index in [1.807, 2.05) is 0 Å². The molecule has 0 radical (unpaired) electrons. The summed E-state index contributed by atoms with van der Waals surface area (Å²) in [4.78, 5) is 7.23. The van der Waals surface area contributed by atoms with Gasteiger partial charge in [0, 0.05) is 6.42 Å². The summed E-state index contributed by atoms with van der Waals surface area (Å²) in [7, 11) is 0. The number of hydrogen-bond donors (Lipinski definition) is 3. The van der Waals surface area contributed by atoms with Crippen LogP contribution in [0.5, 0.6) is 0 Å². The lowest BCUT2D eigenvalue weighted by Gasteiger charge is -2.16. The highest BCUT2D eigenvalue weighted by atomic mass is 17.1. The van der Waals surface area contributed by atoms with Crippen LogP contribution in [0.15, 0.2) is 0 Å². The van der Waals surface area contributed by atoms with Gasteiger partial charge in [0.2, 0.25) is 0 Å². The minimum absolute atomic E-state index is 0. The average molecular weight is 138 g/mol. The number of hydrogen-bond acceptors (Lipinski definition) is 5. The van der Waals surface area contributed by atoms with Gasteiger partial charge in [-0.3, -0.25) is 5.26 Å². The van der Waals surface area contributed by atoms with Crippen LogP contribution in [0, 0.1) is 0 Å². The quantitative estimate of drug-likeness (QED) is 0.291. The van der Waals surface area contributed by atoms with Crippen molar-refractivity contribution in [2.45, 2.75) is 19.1 Å². The van der Waals surface area contributed by atoms with Crippen LogP contribution >= 0.6 is 0 Å². The van der Waals surface area contributed by atoms with Crippen molar-refractivity contribution in [3.05, 3.63) is 0 Å². The molecule has 0 fully saturated rings. The van der Waals surface area contributed by atoms with Crippen LogP contribution < -0.4 is 0 Å². The Hall–Kier alpha value is -0.200. The van der Waals surface area contributed by atoms with Crippen molar-refractivity contribution in [2.75, 3.05) is 6.61 Å². The normalized spacial score (nSPS) is 17.3. The zero-order valence-corrected chi connectivity index (χ0v) is 5.07. The molecule has 0 aliphatic rings. The summed E-state index contributed by atoms with van der Waals surface area (Å²) >= 11 is 0. The highest BCUT2D eigenvalue weighted by Gasteiger charge is 2.20. The summed E-state index contributed by atoms with van der Waals surface area (Å²) in [5.74, 6) is -1.64. The van der Waals surface area contributed by atoms with E-state index in [1.54, 1.807) is 0 Å². The minimum atomic E-state index is -1.64. The topological polar surface area (TPSA) is 79.2 Å². The van der Waals surface area contributed by atoms with E-state index >= 15 is 0 Å². The molecule has 0 saturated carbocycles. The lowest BCUT2D eigenvalue weighted by atomic mass is 10.2. The van der Waals surface area contributed by atoms with E-state index in [1.165, 1.54) is 6.92 Å². The molecule has 56 valence electrons. The molecule has 5 heteroatoms. The first-order valence-corrected chi connectivity index (χ1v) is 2.44. The summed E-state index contributed by atoms with van der Waals surface area (Å²) in [5.41, 5.74) is 0. The highest BCUT2D eigenvalue weighted by Crippen LogP contribution is 2.07. The fraction of sp³-hybridized carbons (Fsp3) is 1.00. The Morgan fingerprint density at radius 1 is 1.44 bits per heavy atom. The molecule has 0 rings (SSSR count). The van der Waals surface area contributed by atoms with Crippen molar-refractivity contribution >= 4 is 0 Å². The predicted octanol–water partition coefficient (Wildman–Crippen LogP) is 0.0642. The van der Waals surface area contributed by atoms with Gasteiger partial charge in [-0.1, -0.05) is 0 Å². The molecule has 0 aromatic carbocycles. The summed E-state index contributed by atoms with van der Waals surface area (Å²) in [6.45, 7) is 1.15. The monoisotopic (exact) mass is 138 g/mol. The summed E-state index contributed by atoms with van der Waals surface area (Å²) in [6, 6.07) is 0. The van der Waals surface area contributed by atoms with Crippen molar-refractivity contribution in [1.82, 2.24) is 0 Å². The van der Waals surface area contributed by atoms with E-state index in [0.717, 1.165) is 0 Å². The fourth-order valence-corrected chi connectivity index (χ4v) is 0.281. The molecule has 0 aromatic heterocycles. The SMILES string of the molecule is CC(O)(CCOO)OO. The van der Waals surface area contributed by atoms with E-state index in [9.17, 15) is 0 Å². The third kappa shape index (κ3) is 4.31. The van der Waals surface area contributed by atoms with Crippen LogP contribution in [0.4, 0.5) is 0 Å². The van der Waals surface area contributed by atoms with Gasteiger partial charge in [-0.05, 0) is 6.92 Å². The second-order valence-corrected chi connectivity index (χ2v) is 1.85. The zero-order chi connectivity index (χ0) is 7.33. The molecule has 5 nitrogen and oxygen atoms in total. The van der Waals surface area contributed by atoms with Gasteiger partial charge in [0.15, 0.2) is 5.79 Å². The molecule has 1 atom stereocenters. The first-order valence-electron chi connectivity index (χ1n) is 2.44. The molecular formula is C4H10O5. The van der Waals surface area contributed by atoms with E-state index in [4.69, 9.17) is 15.6 Å². The van der Waals surface area contributed by atoms with Crippen LogP contribution in [0.25, 0.3) is 0 Å². The van der Waals surface area contributed by atoms with Crippen molar-refractivity contribution in [1.29, 1.82) is 0 Å². The maximum Gasteiger partial charge on any atom is 0.198 e. The second-order valence-electron chi connectivity index (χ2n) is 1.85. The van der Waals surface area contributed by atoms with Crippen LogP contribution in [-0.2, 0) is 9.78 Å². The van der Waals surface area contributed by atoms with Crippen molar-refractivity contribution in [3.63, 3.8) is 0 Å². The first-order chi connectivity index (χ1) is 4.12. The molecule has 0 spiro atoms. The van der Waals surface area contributed by atoms with Crippen LogP contribution in [-0.4, -0.2) is 28.0 Å².